The summed E-state index contributed by atoms with van der Waals surface area (Å²) in [5, 5.41) is 9.07. The molecule has 0 aliphatic heterocycles. The van der Waals surface area contributed by atoms with Crippen LogP contribution < -0.4 is 0 Å². The minimum atomic E-state index is -3.46. The molecule has 0 saturated heterocycles. The van der Waals surface area contributed by atoms with Crippen LogP contribution in [0.1, 0.15) is 18.4 Å². The lowest BCUT2D eigenvalue weighted by Gasteiger charge is -2.08. The summed E-state index contributed by atoms with van der Waals surface area (Å²) in [5.41, 5.74) is 4.22. The van der Waals surface area contributed by atoms with Crippen LogP contribution in [0, 0.1) is 5.92 Å². The van der Waals surface area contributed by atoms with Crippen molar-refractivity contribution >= 4 is 32.8 Å². The third kappa shape index (κ3) is 3.75. The van der Waals surface area contributed by atoms with Crippen molar-refractivity contribution in [2.75, 3.05) is 6.26 Å². The van der Waals surface area contributed by atoms with Crippen molar-refractivity contribution in [2.45, 2.75) is 26.0 Å². The van der Waals surface area contributed by atoms with Gasteiger partial charge in [0.25, 0.3) is 10.1 Å². The zero-order valence-corrected chi connectivity index (χ0v) is 15.8. The monoisotopic (exact) mass is 391 g/mol. The summed E-state index contributed by atoms with van der Waals surface area (Å²) in [4.78, 5) is 0. The standard InChI is InChI=1S/C18H18ClN3O3S/c1-26(23,24)25-11-13-4-6-14(7-5-13)15-8-9-16-18(17(15)19)20-21-22(16)10-12-2-3-12/h4-9,12H,2-3,10-11H2,1H3. The molecular weight excluding hydrogens is 374 g/mol. The molecule has 0 N–H and O–H groups in total. The highest BCUT2D eigenvalue weighted by Gasteiger charge is 2.23. The van der Waals surface area contributed by atoms with Crippen LogP contribution in [0.5, 0.6) is 0 Å². The Morgan fingerprint density at radius 2 is 1.92 bits per heavy atom. The van der Waals surface area contributed by atoms with Crippen molar-refractivity contribution in [3.8, 4) is 11.1 Å². The summed E-state index contributed by atoms with van der Waals surface area (Å²) in [6.07, 6.45) is 3.54. The molecule has 0 amide bonds. The average molecular weight is 392 g/mol. The first-order chi connectivity index (χ1) is 12.4. The van der Waals surface area contributed by atoms with Crippen LogP contribution in [0.4, 0.5) is 0 Å². The number of hydrogen-bond donors (Lipinski definition) is 0. The van der Waals surface area contributed by atoms with E-state index in [1.54, 1.807) is 0 Å². The SMILES string of the molecule is CS(=O)(=O)OCc1ccc(-c2ccc3c(nnn3CC3CC3)c2Cl)cc1. The molecule has 1 fully saturated rings. The maximum absolute atomic E-state index is 11.1. The third-order valence-corrected chi connectivity index (χ3v) is 5.39. The Morgan fingerprint density at radius 1 is 1.19 bits per heavy atom. The van der Waals surface area contributed by atoms with Crippen molar-refractivity contribution in [1.29, 1.82) is 0 Å². The molecule has 0 bridgehead atoms. The zero-order chi connectivity index (χ0) is 18.3. The maximum atomic E-state index is 11.1. The molecule has 0 unspecified atom stereocenters. The highest BCUT2D eigenvalue weighted by Crippen LogP contribution is 2.35. The van der Waals surface area contributed by atoms with E-state index in [1.807, 2.05) is 41.1 Å². The first kappa shape index (κ1) is 17.5. The summed E-state index contributed by atoms with van der Waals surface area (Å²) >= 11 is 6.58. The van der Waals surface area contributed by atoms with Crippen LogP contribution in [0.3, 0.4) is 0 Å². The molecule has 2 aromatic carbocycles. The molecule has 4 rings (SSSR count). The Kier molecular flexibility index (Phi) is 4.46. The Balaban J connectivity index is 1.60. The van der Waals surface area contributed by atoms with Crippen molar-refractivity contribution in [3.05, 3.63) is 47.0 Å². The van der Waals surface area contributed by atoms with E-state index in [2.05, 4.69) is 10.3 Å². The van der Waals surface area contributed by atoms with Gasteiger partial charge in [-0.15, -0.1) is 5.10 Å². The van der Waals surface area contributed by atoms with Crippen molar-refractivity contribution in [1.82, 2.24) is 15.0 Å². The summed E-state index contributed by atoms with van der Waals surface area (Å²) in [7, 11) is -3.46. The number of benzene rings is 2. The Labute approximate surface area is 156 Å². The lowest BCUT2D eigenvalue weighted by atomic mass is 10.0. The molecule has 0 spiro atoms. The Morgan fingerprint density at radius 3 is 2.58 bits per heavy atom. The number of halogens is 1. The molecular formula is C18H18ClN3O3S. The summed E-state index contributed by atoms with van der Waals surface area (Å²) in [6.45, 7) is 0.905. The lowest BCUT2D eigenvalue weighted by Crippen LogP contribution is -2.02. The molecule has 0 radical (unpaired) electrons. The van der Waals surface area contributed by atoms with E-state index in [0.29, 0.717) is 16.5 Å². The van der Waals surface area contributed by atoms with Gasteiger partial charge in [-0.1, -0.05) is 47.1 Å². The van der Waals surface area contributed by atoms with E-state index in [1.165, 1.54) is 12.8 Å². The van der Waals surface area contributed by atoms with Gasteiger partial charge in [0.1, 0.15) is 5.52 Å². The van der Waals surface area contributed by atoms with E-state index in [-0.39, 0.29) is 6.61 Å². The molecule has 26 heavy (non-hydrogen) atoms. The van der Waals surface area contributed by atoms with Crippen molar-refractivity contribution in [2.24, 2.45) is 5.92 Å². The van der Waals surface area contributed by atoms with Gasteiger partial charge < -0.3 is 0 Å². The molecule has 8 heteroatoms. The molecule has 1 aliphatic carbocycles. The summed E-state index contributed by atoms with van der Waals surface area (Å²) in [6, 6.07) is 11.4. The summed E-state index contributed by atoms with van der Waals surface area (Å²) < 4.78 is 28.9. The quantitative estimate of drug-likeness (QED) is 0.600. The van der Waals surface area contributed by atoms with E-state index >= 15 is 0 Å². The topological polar surface area (TPSA) is 74.1 Å². The molecule has 0 atom stereocenters. The van der Waals surface area contributed by atoms with E-state index in [4.69, 9.17) is 15.8 Å². The van der Waals surface area contributed by atoms with Gasteiger partial charge in [-0.3, -0.25) is 4.18 Å². The smallest absolute Gasteiger partial charge is 0.264 e. The van der Waals surface area contributed by atoms with Gasteiger partial charge in [0.05, 0.1) is 23.4 Å². The Bertz CT molecular complexity index is 1060. The second-order valence-electron chi connectivity index (χ2n) is 6.67. The van der Waals surface area contributed by atoms with Crippen LogP contribution in [-0.4, -0.2) is 29.7 Å². The predicted molar refractivity (Wildman–Crippen MR) is 100 cm³/mol. The largest absolute Gasteiger partial charge is 0.265 e. The maximum Gasteiger partial charge on any atom is 0.264 e. The normalized spacial score (nSPS) is 14.8. The molecule has 6 nitrogen and oxygen atoms in total. The van der Waals surface area contributed by atoms with Crippen LogP contribution in [0.15, 0.2) is 36.4 Å². The van der Waals surface area contributed by atoms with Gasteiger partial charge in [-0.05, 0) is 36.0 Å². The number of hydrogen-bond acceptors (Lipinski definition) is 5. The molecule has 1 saturated carbocycles. The fraction of sp³-hybridized carbons (Fsp3) is 0.333. The molecule has 136 valence electrons. The van der Waals surface area contributed by atoms with Crippen LogP contribution in [-0.2, 0) is 27.5 Å². The second kappa shape index (κ2) is 6.64. The highest BCUT2D eigenvalue weighted by molar-refractivity contribution is 7.85. The minimum absolute atomic E-state index is 0.0153. The van der Waals surface area contributed by atoms with Crippen LogP contribution >= 0.6 is 11.6 Å². The first-order valence-electron chi connectivity index (χ1n) is 8.36. The lowest BCUT2D eigenvalue weighted by molar-refractivity contribution is 0.312. The predicted octanol–water partition coefficient (Wildman–Crippen LogP) is 3.64. The minimum Gasteiger partial charge on any atom is -0.265 e. The number of nitrogens with zero attached hydrogens (tertiary/aromatic N) is 3. The third-order valence-electron chi connectivity index (χ3n) is 4.46. The summed E-state index contributed by atoms with van der Waals surface area (Å²) in [5.74, 6) is 0.708. The second-order valence-corrected chi connectivity index (χ2v) is 8.69. The van der Waals surface area contributed by atoms with Crippen LogP contribution in [0.25, 0.3) is 22.2 Å². The molecule has 1 heterocycles. The van der Waals surface area contributed by atoms with Gasteiger partial charge in [-0.2, -0.15) is 8.42 Å². The molecule has 3 aromatic rings. The number of aromatic nitrogens is 3. The molecule has 1 aromatic heterocycles. The van der Waals surface area contributed by atoms with Gasteiger partial charge in [0.2, 0.25) is 0 Å². The fourth-order valence-corrected chi connectivity index (χ4v) is 3.52. The Hall–Kier alpha value is -1.96. The van der Waals surface area contributed by atoms with Gasteiger partial charge in [-0.25, -0.2) is 4.68 Å². The van der Waals surface area contributed by atoms with Gasteiger partial charge in [0, 0.05) is 12.1 Å². The zero-order valence-electron chi connectivity index (χ0n) is 14.2. The van der Waals surface area contributed by atoms with Crippen molar-refractivity contribution < 1.29 is 12.6 Å². The van der Waals surface area contributed by atoms with Gasteiger partial charge in [0.15, 0.2) is 0 Å². The number of fused-ring (bicyclic) bond motifs is 1. The fourth-order valence-electron chi connectivity index (χ4n) is 2.86. The first-order valence-corrected chi connectivity index (χ1v) is 10.6. The molecule has 1 aliphatic rings. The van der Waals surface area contributed by atoms with E-state index < -0.39 is 10.1 Å². The van der Waals surface area contributed by atoms with Gasteiger partial charge >= 0.3 is 0 Å². The average Bonchev–Trinajstić information content (AvgIpc) is 3.32. The van der Waals surface area contributed by atoms with E-state index in [0.717, 1.165) is 35.0 Å². The highest BCUT2D eigenvalue weighted by atomic mass is 35.5. The van der Waals surface area contributed by atoms with E-state index in [9.17, 15) is 8.42 Å². The van der Waals surface area contributed by atoms with Crippen molar-refractivity contribution in [3.63, 3.8) is 0 Å². The van der Waals surface area contributed by atoms with Crippen LogP contribution in [0.2, 0.25) is 5.02 Å². The number of rotatable bonds is 6.